The molecule has 0 aliphatic carbocycles. The maximum absolute atomic E-state index is 9.50. The van der Waals surface area contributed by atoms with E-state index in [2.05, 4.69) is 51.1 Å². The molecule has 0 N–H and O–H groups in total. The van der Waals surface area contributed by atoms with Crippen LogP contribution in [0.4, 0.5) is 8.78 Å². The third-order valence-corrected chi connectivity index (χ3v) is 1.64. The molecule has 0 fully saturated rings. The SMILES string of the molecule is CC.CC(C)(C)c1ccccc1.CF.CF. The molecule has 96 valence electrons. The third kappa shape index (κ3) is 11.2. The van der Waals surface area contributed by atoms with Crippen LogP contribution in [-0.2, 0) is 5.41 Å². The molecule has 0 atom stereocenters. The molecule has 0 unspecified atom stereocenters. The topological polar surface area (TPSA) is 0 Å². The summed E-state index contributed by atoms with van der Waals surface area (Å²) in [6.07, 6.45) is 0. The lowest BCUT2D eigenvalue weighted by Gasteiger charge is -2.18. The van der Waals surface area contributed by atoms with Crippen molar-refractivity contribution in [3.05, 3.63) is 35.9 Å². The molecule has 16 heavy (non-hydrogen) atoms. The standard InChI is InChI=1S/C10H14.C2H6.2CH3F/c1-10(2,3)9-7-5-4-6-8-9;3*1-2/h4-8H,1-3H3;1-2H3;2*1H3. The molecule has 0 amide bonds. The molecule has 0 spiro atoms. The van der Waals surface area contributed by atoms with Crippen molar-refractivity contribution in [2.24, 2.45) is 0 Å². The van der Waals surface area contributed by atoms with Crippen molar-refractivity contribution in [3.63, 3.8) is 0 Å². The van der Waals surface area contributed by atoms with Crippen LogP contribution in [0.1, 0.15) is 40.2 Å². The van der Waals surface area contributed by atoms with Gasteiger partial charge in [0.2, 0.25) is 0 Å². The predicted molar refractivity (Wildman–Crippen MR) is 70.6 cm³/mol. The fourth-order valence-electron chi connectivity index (χ4n) is 0.938. The van der Waals surface area contributed by atoms with Gasteiger partial charge in [0.25, 0.3) is 0 Å². The Hall–Kier alpha value is -0.920. The van der Waals surface area contributed by atoms with Crippen molar-refractivity contribution in [1.29, 1.82) is 0 Å². The molecule has 0 heterocycles. The van der Waals surface area contributed by atoms with E-state index >= 15 is 0 Å². The van der Waals surface area contributed by atoms with E-state index in [0.717, 1.165) is 0 Å². The van der Waals surface area contributed by atoms with Gasteiger partial charge in [0, 0.05) is 0 Å². The molecule has 0 aliphatic heterocycles. The van der Waals surface area contributed by atoms with Crippen LogP contribution < -0.4 is 0 Å². The highest BCUT2D eigenvalue weighted by Gasteiger charge is 2.11. The Labute approximate surface area is 99.7 Å². The van der Waals surface area contributed by atoms with Crippen LogP contribution in [-0.4, -0.2) is 14.4 Å². The summed E-state index contributed by atoms with van der Waals surface area (Å²) >= 11 is 0. The zero-order valence-electron chi connectivity index (χ0n) is 11.6. The zero-order chi connectivity index (χ0) is 13.6. The zero-order valence-corrected chi connectivity index (χ0v) is 11.6. The molecule has 0 saturated carbocycles. The molecule has 0 aliphatic rings. The van der Waals surface area contributed by atoms with Crippen molar-refractivity contribution < 1.29 is 8.78 Å². The molecule has 0 saturated heterocycles. The van der Waals surface area contributed by atoms with Gasteiger partial charge in [-0.05, 0) is 11.0 Å². The number of rotatable bonds is 0. The van der Waals surface area contributed by atoms with E-state index in [1.165, 1.54) is 5.56 Å². The Kier molecular flexibility index (Phi) is 18.0. The van der Waals surface area contributed by atoms with E-state index in [-0.39, 0.29) is 0 Å². The Balaban J connectivity index is -0.000000245. The van der Waals surface area contributed by atoms with E-state index in [9.17, 15) is 8.78 Å². The maximum Gasteiger partial charge on any atom is 0.0785 e. The largest absolute Gasteiger partial charge is 0.255 e. The highest BCUT2D eigenvalue weighted by Crippen LogP contribution is 2.20. The minimum Gasteiger partial charge on any atom is -0.255 e. The van der Waals surface area contributed by atoms with Crippen LogP contribution in [0.25, 0.3) is 0 Å². The molecule has 1 aromatic rings. The summed E-state index contributed by atoms with van der Waals surface area (Å²) in [7, 11) is 1.00. The molecule has 0 aromatic heterocycles. The summed E-state index contributed by atoms with van der Waals surface area (Å²) in [5.41, 5.74) is 1.69. The number of hydrogen-bond acceptors (Lipinski definition) is 0. The summed E-state index contributed by atoms with van der Waals surface area (Å²) < 4.78 is 19.0. The Morgan fingerprint density at radius 2 is 1.06 bits per heavy atom. The van der Waals surface area contributed by atoms with Gasteiger partial charge in [0.05, 0.1) is 14.4 Å². The van der Waals surface area contributed by atoms with Gasteiger partial charge >= 0.3 is 0 Å². The number of halogens is 2. The lowest BCUT2D eigenvalue weighted by Crippen LogP contribution is -2.10. The average Bonchev–Trinajstić information content (AvgIpc) is 2.37. The van der Waals surface area contributed by atoms with Gasteiger partial charge in [0.15, 0.2) is 0 Å². The summed E-state index contributed by atoms with van der Waals surface area (Å²) in [6.45, 7) is 10.7. The Bertz CT molecular complexity index is 200. The first-order valence-electron chi connectivity index (χ1n) is 5.42. The second kappa shape index (κ2) is 14.1. The molecule has 0 nitrogen and oxygen atoms in total. The van der Waals surface area contributed by atoms with Crippen LogP contribution in [0.15, 0.2) is 30.3 Å². The van der Waals surface area contributed by atoms with Crippen molar-refractivity contribution in [3.8, 4) is 0 Å². The molecule has 1 rings (SSSR count). The molecule has 1 aromatic carbocycles. The van der Waals surface area contributed by atoms with Crippen molar-refractivity contribution in [2.75, 3.05) is 14.4 Å². The van der Waals surface area contributed by atoms with E-state index in [0.29, 0.717) is 19.8 Å². The second-order valence-corrected chi connectivity index (χ2v) is 3.62. The summed E-state index contributed by atoms with van der Waals surface area (Å²) in [4.78, 5) is 0. The predicted octanol–water partition coefficient (Wildman–Crippen LogP) is 5.18. The van der Waals surface area contributed by atoms with E-state index in [1.54, 1.807) is 0 Å². The monoisotopic (exact) mass is 232 g/mol. The minimum atomic E-state index is 0.293. The fraction of sp³-hybridized carbons (Fsp3) is 0.571. The molecular formula is C14H26F2. The van der Waals surface area contributed by atoms with Gasteiger partial charge in [-0.15, -0.1) is 0 Å². The second-order valence-electron chi connectivity index (χ2n) is 3.62. The van der Waals surface area contributed by atoms with Crippen LogP contribution in [0.5, 0.6) is 0 Å². The third-order valence-electron chi connectivity index (χ3n) is 1.64. The van der Waals surface area contributed by atoms with E-state index in [4.69, 9.17) is 0 Å². The summed E-state index contributed by atoms with van der Waals surface area (Å²) in [6, 6.07) is 10.6. The van der Waals surface area contributed by atoms with Crippen LogP contribution in [0, 0.1) is 0 Å². The van der Waals surface area contributed by atoms with Gasteiger partial charge < -0.3 is 0 Å². The van der Waals surface area contributed by atoms with Crippen molar-refractivity contribution in [1.82, 2.24) is 0 Å². The molecular weight excluding hydrogens is 206 g/mol. The van der Waals surface area contributed by atoms with Gasteiger partial charge in [-0.1, -0.05) is 65.0 Å². The minimum absolute atomic E-state index is 0.293. The molecule has 0 bridgehead atoms. The first kappa shape index (κ1) is 20.5. The quantitative estimate of drug-likeness (QED) is 0.578. The van der Waals surface area contributed by atoms with Crippen LogP contribution >= 0.6 is 0 Å². The lowest BCUT2D eigenvalue weighted by molar-refractivity contribution is 0.590. The highest BCUT2D eigenvalue weighted by atomic mass is 19.1. The summed E-state index contributed by atoms with van der Waals surface area (Å²) in [5.74, 6) is 0. The number of hydrogen-bond donors (Lipinski definition) is 0. The van der Waals surface area contributed by atoms with E-state index in [1.807, 2.05) is 13.8 Å². The van der Waals surface area contributed by atoms with Gasteiger partial charge in [-0.2, -0.15) is 0 Å². The Morgan fingerprint density at radius 1 is 0.750 bits per heavy atom. The maximum atomic E-state index is 9.50. The number of alkyl halides is 2. The smallest absolute Gasteiger partial charge is 0.0785 e. The van der Waals surface area contributed by atoms with Gasteiger partial charge in [-0.25, -0.2) is 0 Å². The number of benzene rings is 1. The van der Waals surface area contributed by atoms with Crippen molar-refractivity contribution >= 4 is 0 Å². The fourth-order valence-corrected chi connectivity index (χ4v) is 0.938. The van der Waals surface area contributed by atoms with Gasteiger partial charge in [0.1, 0.15) is 0 Å². The normalized spacial score (nSPS) is 8.31. The summed E-state index contributed by atoms with van der Waals surface area (Å²) in [5, 5.41) is 0. The van der Waals surface area contributed by atoms with Crippen molar-refractivity contribution in [2.45, 2.75) is 40.0 Å². The van der Waals surface area contributed by atoms with Crippen LogP contribution in [0.2, 0.25) is 0 Å². The molecule has 2 heteroatoms. The molecule has 0 radical (unpaired) electrons. The van der Waals surface area contributed by atoms with E-state index < -0.39 is 0 Å². The highest BCUT2D eigenvalue weighted by molar-refractivity contribution is 5.21. The first-order valence-corrected chi connectivity index (χ1v) is 5.42. The Morgan fingerprint density at radius 3 is 1.25 bits per heavy atom. The average molecular weight is 232 g/mol. The first-order chi connectivity index (χ1) is 7.61. The van der Waals surface area contributed by atoms with Crippen LogP contribution in [0.3, 0.4) is 0 Å². The lowest BCUT2D eigenvalue weighted by atomic mass is 9.87. The van der Waals surface area contributed by atoms with Gasteiger partial charge in [-0.3, -0.25) is 8.78 Å².